The van der Waals surface area contributed by atoms with Gasteiger partial charge in [0, 0.05) is 46.4 Å². The Bertz CT molecular complexity index is 881. The van der Waals surface area contributed by atoms with Crippen molar-refractivity contribution < 1.29 is 0 Å². The summed E-state index contributed by atoms with van der Waals surface area (Å²) >= 11 is 0. The van der Waals surface area contributed by atoms with Gasteiger partial charge in [0.25, 0.3) is 0 Å². The van der Waals surface area contributed by atoms with Gasteiger partial charge in [-0.3, -0.25) is 9.97 Å². The van der Waals surface area contributed by atoms with E-state index in [1.807, 2.05) is 49.4 Å². The lowest BCUT2D eigenvalue weighted by molar-refractivity contribution is 1.20. The second-order valence-corrected chi connectivity index (χ2v) is 5.03. The van der Waals surface area contributed by atoms with Gasteiger partial charge >= 0.3 is 0 Å². The van der Waals surface area contributed by atoms with Gasteiger partial charge in [-0.15, -0.1) is 0 Å². The van der Waals surface area contributed by atoms with Crippen LogP contribution in [0.5, 0.6) is 0 Å². The predicted molar refractivity (Wildman–Crippen MR) is 90.7 cm³/mol. The normalized spacial score (nSPS) is 11.6. The highest BCUT2D eigenvalue weighted by molar-refractivity contribution is 6.10. The number of allylic oxidation sites excluding steroid dienone is 1. The molecule has 1 aromatic carbocycles. The van der Waals surface area contributed by atoms with E-state index in [1.54, 1.807) is 6.20 Å². The van der Waals surface area contributed by atoms with Gasteiger partial charge < -0.3 is 11.1 Å². The van der Waals surface area contributed by atoms with Crippen LogP contribution in [-0.4, -0.2) is 16.2 Å². The SMILES string of the molecule is Cc1ccc(/C(C=N)=C/N)c(-c2ccc3cccnc3c2)n1. The Balaban J connectivity index is 2.24. The number of nitrogens with one attached hydrogen (secondary N) is 1. The molecule has 0 spiro atoms. The highest BCUT2D eigenvalue weighted by Gasteiger charge is 2.11. The Labute approximate surface area is 128 Å². The number of rotatable bonds is 3. The first-order chi connectivity index (χ1) is 10.7. The lowest BCUT2D eigenvalue weighted by Gasteiger charge is -2.11. The van der Waals surface area contributed by atoms with Crippen LogP contribution in [0.15, 0.2) is 54.9 Å². The summed E-state index contributed by atoms with van der Waals surface area (Å²) in [5, 5.41) is 8.61. The Morgan fingerprint density at radius 3 is 2.82 bits per heavy atom. The first-order valence-corrected chi connectivity index (χ1v) is 6.98. The molecule has 0 saturated carbocycles. The molecule has 108 valence electrons. The number of aryl methyl sites for hydroxylation is 1. The van der Waals surface area contributed by atoms with Crippen molar-refractivity contribution in [3.05, 3.63) is 66.1 Å². The summed E-state index contributed by atoms with van der Waals surface area (Å²) in [5.74, 6) is 0. The van der Waals surface area contributed by atoms with Crippen molar-refractivity contribution in [1.29, 1.82) is 5.41 Å². The van der Waals surface area contributed by atoms with E-state index >= 15 is 0 Å². The fraction of sp³-hybridized carbons (Fsp3) is 0.0556. The Kier molecular flexibility index (Phi) is 3.66. The molecule has 3 rings (SSSR count). The number of benzene rings is 1. The Morgan fingerprint density at radius 1 is 1.18 bits per heavy atom. The summed E-state index contributed by atoms with van der Waals surface area (Å²) < 4.78 is 0. The van der Waals surface area contributed by atoms with Crippen molar-refractivity contribution in [2.24, 2.45) is 5.73 Å². The number of nitrogens with two attached hydrogens (primary N) is 1. The summed E-state index contributed by atoms with van der Waals surface area (Å²) in [5.41, 5.74) is 10.7. The molecule has 0 aliphatic carbocycles. The molecule has 2 heterocycles. The van der Waals surface area contributed by atoms with Gasteiger partial charge in [-0.25, -0.2) is 0 Å². The largest absolute Gasteiger partial charge is 0.404 e. The zero-order valence-electron chi connectivity index (χ0n) is 12.2. The van der Waals surface area contributed by atoms with Gasteiger partial charge in [-0.2, -0.15) is 0 Å². The molecule has 0 fully saturated rings. The van der Waals surface area contributed by atoms with E-state index in [-0.39, 0.29) is 0 Å². The minimum absolute atomic E-state index is 0.642. The summed E-state index contributed by atoms with van der Waals surface area (Å²) in [6.07, 6.45) is 4.46. The Hall–Kier alpha value is -3.01. The molecule has 0 amide bonds. The van der Waals surface area contributed by atoms with E-state index in [4.69, 9.17) is 11.1 Å². The molecule has 4 nitrogen and oxygen atoms in total. The smallest absolute Gasteiger partial charge is 0.0785 e. The number of fused-ring (bicyclic) bond motifs is 1. The van der Waals surface area contributed by atoms with E-state index in [0.29, 0.717) is 5.57 Å². The third kappa shape index (κ3) is 2.46. The maximum Gasteiger partial charge on any atom is 0.0785 e. The number of hydrogen-bond donors (Lipinski definition) is 2. The zero-order chi connectivity index (χ0) is 15.5. The topological polar surface area (TPSA) is 75.7 Å². The quantitative estimate of drug-likeness (QED) is 0.724. The summed E-state index contributed by atoms with van der Waals surface area (Å²) in [7, 11) is 0. The molecule has 0 radical (unpaired) electrons. The fourth-order valence-electron chi connectivity index (χ4n) is 2.44. The molecule has 3 N–H and O–H groups in total. The van der Waals surface area contributed by atoms with Gasteiger partial charge in [-0.05, 0) is 25.1 Å². The number of nitrogens with zero attached hydrogens (tertiary/aromatic N) is 2. The standard InChI is InChI=1S/C18H16N4/c1-12-4-7-16(15(10-19)11-20)18(22-12)14-6-5-13-3-2-8-21-17(13)9-14/h2-11,19H,20H2,1H3/b15-11+,19-10?. The van der Waals surface area contributed by atoms with Crippen molar-refractivity contribution in [3.63, 3.8) is 0 Å². The minimum Gasteiger partial charge on any atom is -0.404 e. The second-order valence-electron chi connectivity index (χ2n) is 5.03. The molecule has 4 heteroatoms. The van der Waals surface area contributed by atoms with Crippen LogP contribution in [0.4, 0.5) is 0 Å². The van der Waals surface area contributed by atoms with Crippen LogP contribution in [0.2, 0.25) is 0 Å². The van der Waals surface area contributed by atoms with Crippen LogP contribution in [0, 0.1) is 12.3 Å². The molecule has 0 bridgehead atoms. The average molecular weight is 288 g/mol. The number of pyridine rings is 2. The van der Waals surface area contributed by atoms with Crippen LogP contribution < -0.4 is 5.73 Å². The van der Waals surface area contributed by atoms with Gasteiger partial charge in [0.1, 0.15) is 0 Å². The van der Waals surface area contributed by atoms with Crippen LogP contribution in [0.25, 0.3) is 27.7 Å². The molecule has 22 heavy (non-hydrogen) atoms. The monoisotopic (exact) mass is 288 g/mol. The van der Waals surface area contributed by atoms with Crippen LogP contribution in [-0.2, 0) is 0 Å². The average Bonchev–Trinajstić information content (AvgIpc) is 2.56. The first kappa shape index (κ1) is 13.9. The van der Waals surface area contributed by atoms with Crippen molar-refractivity contribution in [2.45, 2.75) is 6.92 Å². The van der Waals surface area contributed by atoms with E-state index in [0.717, 1.165) is 33.4 Å². The van der Waals surface area contributed by atoms with Crippen LogP contribution in [0.3, 0.4) is 0 Å². The molecule has 3 aromatic rings. The molecule has 2 aromatic heterocycles. The number of aromatic nitrogens is 2. The van der Waals surface area contributed by atoms with Crippen molar-refractivity contribution in [1.82, 2.24) is 9.97 Å². The van der Waals surface area contributed by atoms with Gasteiger partial charge in [0.05, 0.1) is 11.2 Å². The number of hydrogen-bond acceptors (Lipinski definition) is 4. The lowest BCUT2D eigenvalue weighted by Crippen LogP contribution is -1.98. The van der Waals surface area contributed by atoms with E-state index in [1.165, 1.54) is 12.4 Å². The summed E-state index contributed by atoms with van der Waals surface area (Å²) in [4.78, 5) is 9.03. The molecule has 0 saturated heterocycles. The van der Waals surface area contributed by atoms with Gasteiger partial charge in [0.15, 0.2) is 0 Å². The maximum absolute atomic E-state index is 7.53. The molecule has 0 unspecified atom stereocenters. The third-order valence-corrected chi connectivity index (χ3v) is 3.56. The molecular weight excluding hydrogens is 272 g/mol. The molecule has 0 aliphatic heterocycles. The highest BCUT2D eigenvalue weighted by atomic mass is 14.7. The molecule has 0 atom stereocenters. The third-order valence-electron chi connectivity index (χ3n) is 3.56. The Morgan fingerprint density at radius 2 is 2.05 bits per heavy atom. The van der Waals surface area contributed by atoms with E-state index in [2.05, 4.69) is 9.97 Å². The van der Waals surface area contributed by atoms with Crippen LogP contribution in [0.1, 0.15) is 11.3 Å². The molecular formula is C18H16N4. The minimum atomic E-state index is 0.642. The summed E-state index contributed by atoms with van der Waals surface area (Å²) in [6.45, 7) is 1.95. The zero-order valence-corrected chi connectivity index (χ0v) is 12.2. The van der Waals surface area contributed by atoms with Crippen molar-refractivity contribution >= 4 is 22.7 Å². The van der Waals surface area contributed by atoms with Crippen molar-refractivity contribution in [2.75, 3.05) is 0 Å². The maximum atomic E-state index is 7.53. The fourth-order valence-corrected chi connectivity index (χ4v) is 2.44. The van der Waals surface area contributed by atoms with E-state index in [9.17, 15) is 0 Å². The lowest BCUT2D eigenvalue weighted by atomic mass is 9.99. The molecule has 0 aliphatic rings. The van der Waals surface area contributed by atoms with Crippen molar-refractivity contribution in [3.8, 4) is 11.3 Å². The highest BCUT2D eigenvalue weighted by Crippen LogP contribution is 2.28. The summed E-state index contributed by atoms with van der Waals surface area (Å²) in [6, 6.07) is 13.9. The van der Waals surface area contributed by atoms with E-state index < -0.39 is 0 Å². The predicted octanol–water partition coefficient (Wildman–Crippen LogP) is 3.55. The first-order valence-electron chi connectivity index (χ1n) is 6.98. The van der Waals surface area contributed by atoms with Gasteiger partial charge in [0.2, 0.25) is 0 Å². The van der Waals surface area contributed by atoms with Gasteiger partial charge in [-0.1, -0.05) is 24.3 Å². The second kappa shape index (κ2) is 5.77. The van der Waals surface area contributed by atoms with Crippen LogP contribution >= 0.6 is 0 Å².